The molecule has 52 heavy (non-hydrogen) atoms. The normalized spacial score (nSPS) is 11.1. The summed E-state index contributed by atoms with van der Waals surface area (Å²) in [5.41, 5.74) is 10.0. The van der Waals surface area contributed by atoms with E-state index in [0.717, 1.165) is 66.2 Å². The first-order chi connectivity index (χ1) is 25.7. The van der Waals surface area contributed by atoms with Crippen molar-refractivity contribution in [3.8, 4) is 67.5 Å². The quantitative estimate of drug-likeness (QED) is 0.166. The van der Waals surface area contributed by atoms with Crippen LogP contribution in [0.3, 0.4) is 0 Å². The van der Waals surface area contributed by atoms with Crippen molar-refractivity contribution in [2.45, 2.75) is 0 Å². The summed E-state index contributed by atoms with van der Waals surface area (Å²) in [4.78, 5) is 18.5. The molecule has 1 aromatic heterocycles. The number of hydrogen-bond donors (Lipinski definition) is 0. The maximum atomic E-state index is 7.70. The smallest absolute Gasteiger partial charge is 0.187 e. The highest BCUT2D eigenvalue weighted by Gasteiger charge is 2.17. The second-order valence-electron chi connectivity index (χ2n) is 12.7. The Morgan fingerprint density at radius 3 is 1.54 bits per heavy atom. The van der Waals surface area contributed by atoms with Gasteiger partial charge in [0.15, 0.2) is 23.2 Å². The lowest BCUT2D eigenvalue weighted by Gasteiger charge is -2.18. The van der Waals surface area contributed by atoms with E-state index < -0.39 is 0 Å². The Bertz CT molecular complexity index is 2730. The third kappa shape index (κ3) is 5.77. The minimum atomic E-state index is 0.625. The van der Waals surface area contributed by atoms with Gasteiger partial charge < -0.3 is 0 Å². The van der Waals surface area contributed by atoms with Gasteiger partial charge in [-0.15, -0.1) is 0 Å². The molecule has 0 atom stereocenters. The molecule has 9 aromatic rings. The zero-order valence-electron chi connectivity index (χ0n) is 28.1. The molecule has 4 heteroatoms. The van der Waals surface area contributed by atoms with Crippen molar-refractivity contribution in [3.05, 3.63) is 193 Å². The Morgan fingerprint density at radius 2 is 0.885 bits per heavy atom. The van der Waals surface area contributed by atoms with Gasteiger partial charge in [0.05, 0.1) is 6.57 Å². The van der Waals surface area contributed by atoms with Crippen LogP contribution in [0.4, 0.5) is 5.69 Å². The predicted octanol–water partition coefficient (Wildman–Crippen LogP) is 12.7. The van der Waals surface area contributed by atoms with Crippen molar-refractivity contribution in [3.63, 3.8) is 0 Å². The first-order valence-electron chi connectivity index (χ1n) is 17.2. The maximum absolute atomic E-state index is 7.70. The first kappa shape index (κ1) is 30.8. The largest absolute Gasteiger partial charge is 0.238 e. The number of benzene rings is 8. The topological polar surface area (TPSA) is 43.0 Å². The molecule has 0 N–H and O–H groups in total. The second kappa shape index (κ2) is 13.2. The van der Waals surface area contributed by atoms with E-state index in [1.54, 1.807) is 0 Å². The van der Waals surface area contributed by atoms with Crippen molar-refractivity contribution in [2.75, 3.05) is 0 Å². The molecule has 0 aliphatic rings. The van der Waals surface area contributed by atoms with E-state index >= 15 is 0 Å². The maximum Gasteiger partial charge on any atom is 0.187 e. The summed E-state index contributed by atoms with van der Waals surface area (Å²) in [7, 11) is 0. The Hall–Kier alpha value is -7.22. The van der Waals surface area contributed by atoms with Crippen molar-refractivity contribution in [2.24, 2.45) is 0 Å². The van der Waals surface area contributed by atoms with E-state index in [4.69, 9.17) is 21.5 Å². The van der Waals surface area contributed by atoms with Crippen LogP contribution in [0.5, 0.6) is 0 Å². The molecule has 8 aromatic carbocycles. The van der Waals surface area contributed by atoms with Crippen LogP contribution in [-0.2, 0) is 0 Å². The third-order valence-corrected chi connectivity index (χ3v) is 9.52. The molecular weight excluding hydrogens is 633 g/mol. The fraction of sp³-hybridized carbons (Fsp3) is 0. The molecule has 1 heterocycles. The van der Waals surface area contributed by atoms with Crippen LogP contribution in [0, 0.1) is 6.57 Å². The molecular formula is C48H30N4. The highest BCUT2D eigenvalue weighted by atomic mass is 15.0. The van der Waals surface area contributed by atoms with Crippen LogP contribution in [0.2, 0.25) is 0 Å². The van der Waals surface area contributed by atoms with Crippen molar-refractivity contribution in [1.29, 1.82) is 0 Å². The van der Waals surface area contributed by atoms with Crippen LogP contribution in [0.15, 0.2) is 182 Å². The Labute approximate surface area is 302 Å². The monoisotopic (exact) mass is 662 g/mol. The minimum Gasteiger partial charge on any atom is -0.238 e. The molecule has 0 saturated carbocycles. The van der Waals surface area contributed by atoms with Gasteiger partial charge in [0.25, 0.3) is 0 Å². The Balaban J connectivity index is 1.18. The number of nitrogens with zero attached hydrogens (tertiary/aromatic N) is 4. The molecule has 0 aliphatic carbocycles. The van der Waals surface area contributed by atoms with Crippen LogP contribution in [-0.4, -0.2) is 15.0 Å². The average molecular weight is 663 g/mol. The van der Waals surface area contributed by atoms with Crippen LogP contribution < -0.4 is 0 Å². The molecule has 9 rings (SSSR count). The SMILES string of the molecule is [C-]#[N+]c1cccc(-c2c(-c3cc(-c4ccc(-c5nc(-c6ccccc6)nc(-c6ccccc6)n5)cc4)cc4ccccc34)ccc3ccccc23)c1. The fourth-order valence-corrected chi connectivity index (χ4v) is 6.99. The van der Waals surface area contributed by atoms with Gasteiger partial charge in [0.2, 0.25) is 0 Å². The molecule has 0 amide bonds. The summed E-state index contributed by atoms with van der Waals surface area (Å²) in [5, 5.41) is 4.65. The summed E-state index contributed by atoms with van der Waals surface area (Å²) < 4.78 is 0. The third-order valence-electron chi connectivity index (χ3n) is 9.52. The zero-order valence-corrected chi connectivity index (χ0v) is 28.1. The summed E-state index contributed by atoms with van der Waals surface area (Å²) in [5.74, 6) is 1.91. The number of fused-ring (bicyclic) bond motifs is 2. The van der Waals surface area contributed by atoms with Gasteiger partial charge in [0, 0.05) is 16.7 Å². The first-order valence-corrected chi connectivity index (χ1v) is 17.2. The van der Waals surface area contributed by atoms with Crippen LogP contribution >= 0.6 is 0 Å². The van der Waals surface area contributed by atoms with Gasteiger partial charge in [-0.05, 0) is 73.1 Å². The van der Waals surface area contributed by atoms with Gasteiger partial charge >= 0.3 is 0 Å². The molecule has 0 radical (unpaired) electrons. The predicted molar refractivity (Wildman–Crippen MR) is 214 cm³/mol. The summed E-state index contributed by atoms with van der Waals surface area (Å²) in [6.07, 6.45) is 0. The van der Waals surface area contributed by atoms with E-state index in [9.17, 15) is 0 Å². The summed E-state index contributed by atoms with van der Waals surface area (Å²) in [6.45, 7) is 7.70. The lowest BCUT2D eigenvalue weighted by Crippen LogP contribution is -2.00. The van der Waals surface area contributed by atoms with E-state index in [1.807, 2.05) is 78.9 Å². The lowest BCUT2D eigenvalue weighted by molar-refractivity contribution is 1.07. The van der Waals surface area contributed by atoms with Crippen molar-refractivity contribution in [1.82, 2.24) is 15.0 Å². The Morgan fingerprint density at radius 1 is 0.346 bits per heavy atom. The molecule has 0 unspecified atom stereocenters. The minimum absolute atomic E-state index is 0.625. The summed E-state index contributed by atoms with van der Waals surface area (Å²) in [6, 6.07) is 62.6. The molecule has 242 valence electrons. The van der Waals surface area contributed by atoms with E-state index in [-0.39, 0.29) is 0 Å². The second-order valence-corrected chi connectivity index (χ2v) is 12.7. The molecule has 4 nitrogen and oxygen atoms in total. The zero-order chi connectivity index (χ0) is 34.9. The standard InChI is InChI=1S/C48H30N4/c1-49-40-20-12-19-38(30-40)45-42-22-11-8-13-33(42)27-28-43(45)44-31-39(29-37-18-9-10-21-41(37)44)32-23-25-36(26-24-32)48-51-46(34-14-4-2-5-15-34)50-47(52-48)35-16-6-3-7-17-35/h2-31H. The van der Waals surface area contributed by atoms with Gasteiger partial charge in [-0.2, -0.15) is 0 Å². The average Bonchev–Trinajstić information content (AvgIpc) is 3.23. The number of hydrogen-bond acceptors (Lipinski definition) is 3. The molecule has 0 saturated heterocycles. The highest BCUT2D eigenvalue weighted by Crippen LogP contribution is 2.43. The highest BCUT2D eigenvalue weighted by molar-refractivity contribution is 6.10. The number of aromatic nitrogens is 3. The lowest BCUT2D eigenvalue weighted by atomic mass is 9.86. The Kier molecular flexibility index (Phi) is 7.85. The van der Waals surface area contributed by atoms with E-state index in [0.29, 0.717) is 23.2 Å². The summed E-state index contributed by atoms with van der Waals surface area (Å²) >= 11 is 0. The molecule has 0 spiro atoms. The van der Waals surface area contributed by atoms with Crippen molar-refractivity contribution >= 4 is 27.2 Å². The molecule has 0 bridgehead atoms. The fourth-order valence-electron chi connectivity index (χ4n) is 6.99. The van der Waals surface area contributed by atoms with E-state index in [2.05, 4.69) is 108 Å². The van der Waals surface area contributed by atoms with Crippen LogP contribution in [0.1, 0.15) is 0 Å². The van der Waals surface area contributed by atoms with Gasteiger partial charge in [-0.25, -0.2) is 19.8 Å². The molecule has 0 aliphatic heterocycles. The van der Waals surface area contributed by atoms with Gasteiger partial charge in [0.1, 0.15) is 0 Å². The van der Waals surface area contributed by atoms with Gasteiger partial charge in [-0.1, -0.05) is 164 Å². The number of rotatable bonds is 6. The van der Waals surface area contributed by atoms with Crippen molar-refractivity contribution < 1.29 is 0 Å². The van der Waals surface area contributed by atoms with Crippen LogP contribution in [0.25, 0.3) is 93.9 Å². The molecule has 0 fully saturated rings. The van der Waals surface area contributed by atoms with E-state index in [1.165, 1.54) is 5.39 Å². The van der Waals surface area contributed by atoms with Gasteiger partial charge in [-0.3, -0.25) is 0 Å².